The zero-order valence-electron chi connectivity index (χ0n) is 14.8. The Hall–Kier alpha value is -2.87. The zero-order chi connectivity index (χ0) is 21.2. The van der Waals surface area contributed by atoms with Crippen molar-refractivity contribution in [3.05, 3.63) is 81.9 Å². The van der Waals surface area contributed by atoms with Crippen molar-refractivity contribution in [2.45, 2.75) is 12.4 Å². The molecule has 1 saturated heterocycles. The number of hydrogen-bond donors (Lipinski definition) is 0. The van der Waals surface area contributed by atoms with E-state index in [1.54, 1.807) is 0 Å². The summed E-state index contributed by atoms with van der Waals surface area (Å²) < 4.78 is 81.1. The zero-order valence-corrected chi connectivity index (χ0v) is 14.8. The molecule has 1 heterocycles. The van der Waals surface area contributed by atoms with Crippen LogP contribution in [0.25, 0.3) is 12.2 Å². The summed E-state index contributed by atoms with van der Waals surface area (Å²) in [7, 11) is 0. The summed E-state index contributed by atoms with van der Waals surface area (Å²) in [4.78, 5) is 12.6. The van der Waals surface area contributed by atoms with Crippen LogP contribution in [0.4, 0.5) is 26.3 Å². The smallest absolute Gasteiger partial charge is 0.372 e. The maximum atomic E-state index is 12.6. The monoisotopic (exact) mass is 412 g/mol. The molecule has 2 nitrogen and oxygen atoms in total. The number of benzene rings is 2. The molecule has 2 aromatic rings. The third kappa shape index (κ3) is 5.14. The van der Waals surface area contributed by atoms with Gasteiger partial charge in [0.1, 0.15) is 0 Å². The first-order chi connectivity index (χ1) is 13.5. The second-order valence-electron chi connectivity index (χ2n) is 6.40. The van der Waals surface area contributed by atoms with Gasteiger partial charge >= 0.3 is 12.4 Å². The van der Waals surface area contributed by atoms with Gasteiger partial charge < -0.3 is 4.74 Å². The Bertz CT molecular complexity index is 871. The van der Waals surface area contributed by atoms with E-state index in [-0.39, 0.29) is 30.1 Å². The molecule has 0 spiro atoms. The topological polar surface area (TPSA) is 26.3 Å². The van der Waals surface area contributed by atoms with E-state index >= 15 is 0 Å². The molecule has 152 valence electrons. The molecular formula is C21H14F6O2. The van der Waals surface area contributed by atoms with Crippen LogP contribution in [0.15, 0.2) is 59.7 Å². The van der Waals surface area contributed by atoms with Crippen molar-refractivity contribution in [3.8, 4) is 0 Å². The first-order valence-corrected chi connectivity index (χ1v) is 8.42. The molecule has 0 atom stereocenters. The third-order valence-corrected chi connectivity index (χ3v) is 4.26. The van der Waals surface area contributed by atoms with Crippen molar-refractivity contribution in [3.63, 3.8) is 0 Å². The number of rotatable bonds is 2. The van der Waals surface area contributed by atoms with Crippen LogP contribution >= 0.6 is 0 Å². The molecule has 29 heavy (non-hydrogen) atoms. The molecule has 0 amide bonds. The number of hydrogen-bond acceptors (Lipinski definition) is 2. The number of ketones is 1. The molecule has 0 aliphatic carbocycles. The summed E-state index contributed by atoms with van der Waals surface area (Å²) in [5.41, 5.74) is -0.299. The lowest BCUT2D eigenvalue weighted by molar-refractivity contribution is -0.138. The summed E-state index contributed by atoms with van der Waals surface area (Å²) in [5.74, 6) is -0.365. The number of carbonyl (C=O) groups is 1. The summed E-state index contributed by atoms with van der Waals surface area (Å²) in [6, 6.07) is 8.65. The Balaban J connectivity index is 1.81. The molecular weight excluding hydrogens is 398 g/mol. The van der Waals surface area contributed by atoms with Gasteiger partial charge in [-0.05, 0) is 47.5 Å². The van der Waals surface area contributed by atoms with E-state index in [0.717, 1.165) is 24.3 Å². The van der Waals surface area contributed by atoms with Crippen LogP contribution in [0.1, 0.15) is 22.3 Å². The fraction of sp³-hybridized carbons (Fsp3) is 0.190. The van der Waals surface area contributed by atoms with Crippen LogP contribution in [-0.2, 0) is 21.9 Å². The number of Topliss-reactive ketones (excluding diaryl/α,β-unsaturated/α-hetero) is 1. The van der Waals surface area contributed by atoms with Crippen LogP contribution in [0.3, 0.4) is 0 Å². The van der Waals surface area contributed by atoms with E-state index < -0.39 is 23.5 Å². The molecule has 3 rings (SSSR count). The highest BCUT2D eigenvalue weighted by Gasteiger charge is 2.31. The van der Waals surface area contributed by atoms with Gasteiger partial charge in [-0.1, -0.05) is 24.3 Å². The lowest BCUT2D eigenvalue weighted by Gasteiger charge is -2.17. The Morgan fingerprint density at radius 1 is 0.655 bits per heavy atom. The number of halogens is 6. The van der Waals surface area contributed by atoms with Crippen molar-refractivity contribution < 1.29 is 35.9 Å². The van der Waals surface area contributed by atoms with Gasteiger partial charge in [0.25, 0.3) is 0 Å². The standard InChI is InChI=1S/C21H14F6O2/c22-20(23,24)17-5-1-13(2-6-17)9-15-11-29-12-16(19(15)28)10-14-3-7-18(8-4-14)21(25,26)27/h1-10H,11-12H2/b15-9+,16-10+. The average Bonchev–Trinajstić information content (AvgIpc) is 2.64. The van der Waals surface area contributed by atoms with E-state index in [0.29, 0.717) is 11.1 Å². The van der Waals surface area contributed by atoms with Crippen molar-refractivity contribution in [2.75, 3.05) is 13.2 Å². The minimum absolute atomic E-state index is 0.00972. The first kappa shape index (κ1) is 20.9. The lowest BCUT2D eigenvalue weighted by atomic mass is 9.97. The normalized spacial score (nSPS) is 18.5. The largest absolute Gasteiger partial charge is 0.416 e. The van der Waals surface area contributed by atoms with Gasteiger partial charge in [-0.25, -0.2) is 0 Å². The van der Waals surface area contributed by atoms with Gasteiger partial charge in [0, 0.05) is 11.1 Å². The Morgan fingerprint density at radius 2 is 1.00 bits per heavy atom. The second-order valence-corrected chi connectivity index (χ2v) is 6.40. The summed E-state index contributed by atoms with van der Waals surface area (Å²) in [6.07, 6.45) is -6.04. The first-order valence-electron chi connectivity index (χ1n) is 8.42. The number of carbonyl (C=O) groups excluding carboxylic acids is 1. The van der Waals surface area contributed by atoms with Gasteiger partial charge in [-0.2, -0.15) is 26.3 Å². The average molecular weight is 412 g/mol. The van der Waals surface area contributed by atoms with Crippen molar-refractivity contribution >= 4 is 17.9 Å². The van der Waals surface area contributed by atoms with Crippen LogP contribution in [0.2, 0.25) is 0 Å². The molecule has 1 fully saturated rings. The van der Waals surface area contributed by atoms with Crippen molar-refractivity contribution in [1.82, 2.24) is 0 Å². The van der Waals surface area contributed by atoms with Crippen LogP contribution in [0.5, 0.6) is 0 Å². The minimum atomic E-state index is -4.45. The highest BCUT2D eigenvalue weighted by atomic mass is 19.4. The molecule has 2 aromatic carbocycles. The van der Waals surface area contributed by atoms with Crippen molar-refractivity contribution in [1.29, 1.82) is 0 Å². The van der Waals surface area contributed by atoms with E-state index in [9.17, 15) is 31.1 Å². The maximum Gasteiger partial charge on any atom is 0.416 e. The van der Waals surface area contributed by atoms with Gasteiger partial charge in [0.05, 0.1) is 24.3 Å². The predicted molar refractivity (Wildman–Crippen MR) is 94.7 cm³/mol. The number of ether oxygens (including phenoxy) is 1. The molecule has 0 unspecified atom stereocenters. The van der Waals surface area contributed by atoms with Crippen molar-refractivity contribution in [2.24, 2.45) is 0 Å². The van der Waals surface area contributed by atoms with Gasteiger partial charge in [-0.15, -0.1) is 0 Å². The molecule has 1 aliphatic heterocycles. The van der Waals surface area contributed by atoms with Crippen LogP contribution in [-0.4, -0.2) is 19.0 Å². The third-order valence-electron chi connectivity index (χ3n) is 4.26. The SMILES string of the molecule is O=C1/C(=C/c2ccc(C(F)(F)F)cc2)COC/C1=C\c1ccc(C(F)(F)F)cc1. The van der Waals surface area contributed by atoms with Gasteiger partial charge in [0.2, 0.25) is 0 Å². The Labute approximate surface area is 162 Å². The lowest BCUT2D eigenvalue weighted by Crippen LogP contribution is -2.21. The van der Waals surface area contributed by atoms with Gasteiger partial charge in [0.15, 0.2) is 5.78 Å². The van der Waals surface area contributed by atoms with E-state index in [1.807, 2.05) is 0 Å². The summed E-state index contributed by atoms with van der Waals surface area (Å²) in [6.45, 7) is -0.0194. The molecule has 0 N–H and O–H groups in total. The fourth-order valence-electron chi connectivity index (χ4n) is 2.76. The molecule has 1 aliphatic rings. The highest BCUT2D eigenvalue weighted by Crippen LogP contribution is 2.31. The molecule has 0 saturated carbocycles. The van der Waals surface area contributed by atoms with E-state index in [4.69, 9.17) is 4.74 Å². The van der Waals surface area contributed by atoms with Gasteiger partial charge in [-0.3, -0.25) is 4.79 Å². The number of alkyl halides is 6. The van der Waals surface area contributed by atoms with Crippen LogP contribution in [0, 0.1) is 0 Å². The summed E-state index contributed by atoms with van der Waals surface area (Å²) in [5, 5.41) is 0. The fourth-order valence-corrected chi connectivity index (χ4v) is 2.76. The molecule has 0 radical (unpaired) electrons. The maximum absolute atomic E-state index is 12.6. The molecule has 0 bridgehead atoms. The highest BCUT2D eigenvalue weighted by molar-refractivity contribution is 6.14. The minimum Gasteiger partial charge on any atom is -0.372 e. The molecule has 0 aromatic heterocycles. The van der Waals surface area contributed by atoms with Crippen LogP contribution < -0.4 is 0 Å². The second kappa shape index (κ2) is 7.87. The van der Waals surface area contributed by atoms with E-state index in [2.05, 4.69) is 0 Å². The Kier molecular flexibility index (Phi) is 5.66. The predicted octanol–water partition coefficient (Wildman–Crippen LogP) is 5.79. The summed E-state index contributed by atoms with van der Waals surface area (Å²) >= 11 is 0. The Morgan fingerprint density at radius 3 is 1.31 bits per heavy atom. The quantitative estimate of drug-likeness (QED) is 0.461. The molecule has 8 heteroatoms. The van der Waals surface area contributed by atoms with E-state index in [1.165, 1.54) is 36.4 Å².